The van der Waals surface area contributed by atoms with Gasteiger partial charge in [0.25, 0.3) is 0 Å². The van der Waals surface area contributed by atoms with Gasteiger partial charge in [-0.3, -0.25) is 0 Å². The Labute approximate surface area is 60.9 Å². The Bertz CT molecular complexity index is 264. The van der Waals surface area contributed by atoms with Crippen LogP contribution in [-0.4, -0.2) is 15.3 Å². The van der Waals surface area contributed by atoms with E-state index in [2.05, 4.69) is 22.2 Å². The van der Waals surface area contributed by atoms with Crippen molar-refractivity contribution in [2.75, 3.05) is 0 Å². The lowest BCUT2D eigenvalue weighted by atomic mass is 10.4. The van der Waals surface area contributed by atoms with Crippen LogP contribution in [0, 0.1) is 12.0 Å². The van der Waals surface area contributed by atoms with Crippen molar-refractivity contribution in [3.05, 3.63) is 23.8 Å². The molecule has 1 aromatic heterocycles. The molecule has 0 aliphatic rings. The predicted octanol–water partition coefficient (Wildman–Crippen LogP) is 1.10. The zero-order chi connectivity index (χ0) is 7.56. The zero-order valence-electron chi connectivity index (χ0n) is 4.71. The van der Waals surface area contributed by atoms with E-state index in [1.165, 1.54) is 0 Å². The number of hydrogen-bond donors (Lipinski definition) is 0. The average molecular weight is 160 g/mol. The van der Waals surface area contributed by atoms with Gasteiger partial charge in [0.1, 0.15) is 0 Å². The minimum absolute atomic E-state index is 0.0244. The minimum atomic E-state index is -1.09. The standard InChI is InChI=1S/C5H2F2N2S/c6-4-3(2-10)1-8-5(7)9-4/h1-2H. The Balaban J connectivity index is 3.19. The second-order valence-corrected chi connectivity index (χ2v) is 1.74. The van der Waals surface area contributed by atoms with Gasteiger partial charge >= 0.3 is 6.08 Å². The van der Waals surface area contributed by atoms with Gasteiger partial charge in [-0.25, -0.2) is 4.98 Å². The van der Waals surface area contributed by atoms with E-state index >= 15 is 0 Å². The third-order valence-corrected chi connectivity index (χ3v) is 1.12. The molecule has 5 heteroatoms. The van der Waals surface area contributed by atoms with Crippen LogP contribution in [0.15, 0.2) is 6.20 Å². The highest BCUT2D eigenvalue weighted by Gasteiger charge is 2.01. The van der Waals surface area contributed by atoms with Crippen molar-refractivity contribution in [3.8, 4) is 0 Å². The average Bonchev–Trinajstić information content (AvgIpc) is 1.88. The molecule has 1 aromatic rings. The SMILES string of the molecule is Fc1ncc(C=S)c(F)n1. The first-order valence-corrected chi connectivity index (χ1v) is 2.84. The van der Waals surface area contributed by atoms with Crippen LogP contribution in [0.2, 0.25) is 0 Å². The van der Waals surface area contributed by atoms with E-state index in [0.717, 1.165) is 11.6 Å². The van der Waals surface area contributed by atoms with Gasteiger partial charge in [0, 0.05) is 11.6 Å². The lowest BCUT2D eigenvalue weighted by molar-refractivity contribution is 0.481. The van der Waals surface area contributed by atoms with E-state index in [-0.39, 0.29) is 5.56 Å². The van der Waals surface area contributed by atoms with Gasteiger partial charge in [-0.05, 0) is 0 Å². The predicted molar refractivity (Wildman–Crippen MR) is 34.7 cm³/mol. The molecule has 0 amide bonds. The summed E-state index contributed by atoms with van der Waals surface area (Å²) in [6.45, 7) is 0. The van der Waals surface area contributed by atoms with Crippen LogP contribution in [0.25, 0.3) is 0 Å². The molecule has 1 rings (SSSR count). The van der Waals surface area contributed by atoms with Gasteiger partial charge in [-0.2, -0.15) is 13.8 Å². The number of aromatic nitrogens is 2. The molecule has 0 spiro atoms. The van der Waals surface area contributed by atoms with E-state index in [1.54, 1.807) is 0 Å². The maximum atomic E-state index is 12.4. The molecule has 0 N–H and O–H groups in total. The maximum absolute atomic E-state index is 12.4. The number of halogens is 2. The number of hydrogen-bond acceptors (Lipinski definition) is 3. The van der Waals surface area contributed by atoms with Crippen molar-refractivity contribution in [1.29, 1.82) is 0 Å². The molecule has 2 nitrogen and oxygen atoms in total. The molecule has 1 heterocycles. The Hall–Kier alpha value is -0.970. The van der Waals surface area contributed by atoms with Crippen molar-refractivity contribution in [2.45, 2.75) is 0 Å². The molecule has 10 heavy (non-hydrogen) atoms. The lowest BCUT2D eigenvalue weighted by Gasteiger charge is -1.90. The Morgan fingerprint density at radius 3 is 2.70 bits per heavy atom. The highest BCUT2D eigenvalue weighted by atomic mass is 32.1. The van der Waals surface area contributed by atoms with Gasteiger partial charge in [0.2, 0.25) is 5.95 Å². The molecule has 0 unspecified atom stereocenters. The largest absolute Gasteiger partial charge is 0.311 e. The lowest BCUT2D eigenvalue weighted by Crippen LogP contribution is -1.97. The third kappa shape index (κ3) is 1.30. The van der Waals surface area contributed by atoms with E-state index in [1.807, 2.05) is 0 Å². The molecule has 0 fully saturated rings. The van der Waals surface area contributed by atoms with Crippen LogP contribution in [0.5, 0.6) is 0 Å². The molecule has 0 aliphatic heterocycles. The second-order valence-electron chi connectivity index (χ2n) is 1.50. The van der Waals surface area contributed by atoms with Crippen molar-refractivity contribution in [3.63, 3.8) is 0 Å². The van der Waals surface area contributed by atoms with Crippen LogP contribution < -0.4 is 0 Å². The number of thiocarbonyl (C=S) groups is 1. The monoisotopic (exact) mass is 160 g/mol. The quantitative estimate of drug-likeness (QED) is 0.349. The minimum Gasteiger partial charge on any atom is -0.210 e. The first kappa shape index (κ1) is 7.14. The Morgan fingerprint density at radius 1 is 1.50 bits per heavy atom. The van der Waals surface area contributed by atoms with E-state index in [4.69, 9.17) is 0 Å². The van der Waals surface area contributed by atoms with Crippen LogP contribution in [0.3, 0.4) is 0 Å². The third-order valence-electron chi connectivity index (χ3n) is 0.866. The first-order chi connectivity index (χ1) is 4.74. The maximum Gasteiger partial charge on any atom is 0.311 e. The molecule has 0 radical (unpaired) electrons. The van der Waals surface area contributed by atoms with E-state index < -0.39 is 12.0 Å². The molecule has 52 valence electrons. The fraction of sp³-hybridized carbons (Fsp3) is 0. The second kappa shape index (κ2) is 2.74. The molecule has 0 bridgehead atoms. The summed E-state index contributed by atoms with van der Waals surface area (Å²) in [7, 11) is 0. The highest BCUT2D eigenvalue weighted by molar-refractivity contribution is 7.79. The number of rotatable bonds is 1. The summed E-state index contributed by atoms with van der Waals surface area (Å²) >= 11 is 4.38. The van der Waals surface area contributed by atoms with E-state index in [0.29, 0.717) is 0 Å². The zero-order valence-corrected chi connectivity index (χ0v) is 5.53. The normalized spacial score (nSPS) is 9.40. The molecule has 0 aromatic carbocycles. The topological polar surface area (TPSA) is 25.8 Å². The summed E-state index contributed by atoms with van der Waals surface area (Å²) in [5.41, 5.74) is 0.0244. The summed E-state index contributed by atoms with van der Waals surface area (Å²) in [6, 6.07) is 0. The fourth-order valence-corrected chi connectivity index (χ4v) is 0.588. The first-order valence-electron chi connectivity index (χ1n) is 2.37. The van der Waals surface area contributed by atoms with E-state index in [9.17, 15) is 8.78 Å². The summed E-state index contributed by atoms with van der Waals surface area (Å²) in [6.07, 6.45) is -0.0944. The number of nitrogens with zero attached hydrogens (tertiary/aromatic N) is 2. The molecule has 0 saturated carbocycles. The van der Waals surface area contributed by atoms with Crippen molar-refractivity contribution < 1.29 is 8.78 Å². The molecule has 0 saturated heterocycles. The van der Waals surface area contributed by atoms with Gasteiger partial charge in [0.05, 0.1) is 5.56 Å². The summed E-state index contributed by atoms with van der Waals surface area (Å²) < 4.78 is 24.3. The van der Waals surface area contributed by atoms with Gasteiger partial charge in [-0.1, -0.05) is 12.2 Å². The highest BCUT2D eigenvalue weighted by Crippen LogP contribution is 1.98. The smallest absolute Gasteiger partial charge is 0.210 e. The van der Waals surface area contributed by atoms with Crippen LogP contribution in [0.1, 0.15) is 5.56 Å². The van der Waals surface area contributed by atoms with Crippen molar-refractivity contribution in [1.82, 2.24) is 9.97 Å². The summed E-state index contributed by atoms with van der Waals surface area (Å²) in [5, 5.41) is 1.05. The van der Waals surface area contributed by atoms with Crippen LogP contribution in [0.4, 0.5) is 8.78 Å². The molecule has 0 aliphatic carbocycles. The van der Waals surface area contributed by atoms with Crippen molar-refractivity contribution in [2.24, 2.45) is 0 Å². The van der Waals surface area contributed by atoms with Gasteiger partial charge in [0.15, 0.2) is 0 Å². The van der Waals surface area contributed by atoms with Crippen molar-refractivity contribution >= 4 is 17.6 Å². The fourth-order valence-electron chi connectivity index (χ4n) is 0.430. The summed E-state index contributed by atoms with van der Waals surface area (Å²) in [4.78, 5) is 5.90. The Kier molecular flexibility index (Phi) is 1.96. The molecular formula is C5H2F2N2S. The molecule has 0 atom stereocenters. The van der Waals surface area contributed by atoms with Gasteiger partial charge in [-0.15, -0.1) is 0 Å². The van der Waals surface area contributed by atoms with Gasteiger partial charge < -0.3 is 0 Å². The van der Waals surface area contributed by atoms with Crippen LogP contribution in [-0.2, 0) is 0 Å². The summed E-state index contributed by atoms with van der Waals surface area (Å²) in [5.74, 6) is -0.928. The Morgan fingerprint density at radius 2 is 2.20 bits per heavy atom. The van der Waals surface area contributed by atoms with Crippen LogP contribution >= 0.6 is 12.2 Å². The molecular weight excluding hydrogens is 158 g/mol.